The molecule has 0 aliphatic rings. The molecule has 0 saturated carbocycles. The molecule has 0 radical (unpaired) electrons. The average molecular weight is 332 g/mol. The van der Waals surface area contributed by atoms with Crippen LogP contribution in [0.4, 0.5) is 4.79 Å². The number of hydrogen-bond acceptors (Lipinski definition) is 5. The maximum Gasteiger partial charge on any atom is 0.407 e. The van der Waals surface area contributed by atoms with Gasteiger partial charge in [0.1, 0.15) is 17.8 Å². The number of hydrogen-bond donors (Lipinski definition) is 4. The first kappa shape index (κ1) is 18.7. The zero-order chi connectivity index (χ0) is 16.9. The molecular formula is C15H22ClNO5. The van der Waals surface area contributed by atoms with Gasteiger partial charge >= 0.3 is 6.09 Å². The number of aliphatic hydroxyl groups is 3. The summed E-state index contributed by atoms with van der Waals surface area (Å²) in [7, 11) is 0. The third-order valence-corrected chi connectivity index (χ3v) is 3.05. The molecule has 0 fully saturated rings. The van der Waals surface area contributed by atoms with Crippen molar-refractivity contribution < 1.29 is 24.9 Å². The van der Waals surface area contributed by atoms with Gasteiger partial charge in [-0.3, -0.25) is 0 Å². The molecule has 0 heterocycles. The highest BCUT2D eigenvalue weighted by Gasteiger charge is 2.23. The number of halogens is 1. The number of carbonyl (C=O) groups excluding carboxylic acids is 1. The topological polar surface area (TPSA) is 99.0 Å². The Balaban J connectivity index is 2.66. The minimum absolute atomic E-state index is 0.191. The highest BCUT2D eigenvalue weighted by molar-refractivity contribution is 6.30. The van der Waals surface area contributed by atoms with Gasteiger partial charge in [-0.2, -0.15) is 0 Å². The molecule has 2 atom stereocenters. The molecule has 0 aliphatic carbocycles. The number of amides is 1. The molecule has 0 aliphatic heterocycles. The Morgan fingerprint density at radius 1 is 1.36 bits per heavy atom. The first-order chi connectivity index (χ1) is 10.1. The van der Waals surface area contributed by atoms with Gasteiger partial charge in [-0.15, -0.1) is 0 Å². The van der Waals surface area contributed by atoms with Crippen molar-refractivity contribution in [3.8, 4) is 0 Å². The summed E-state index contributed by atoms with van der Waals surface area (Å²) in [6.07, 6.45) is -3.20. The standard InChI is InChI=1S/C15H22ClNO5/c1-15(2,3)22-14(21)17-7-12(19)13(20)11-5-4-10(16)6-9(11)8-18/h4-6,12-13,18-20H,7-8H2,1-3H3,(H,17,21). The Morgan fingerprint density at radius 2 is 2.00 bits per heavy atom. The van der Waals surface area contributed by atoms with Crippen LogP contribution in [0.25, 0.3) is 0 Å². The lowest BCUT2D eigenvalue weighted by Gasteiger charge is -2.23. The highest BCUT2D eigenvalue weighted by Crippen LogP contribution is 2.24. The van der Waals surface area contributed by atoms with Gasteiger partial charge in [0.2, 0.25) is 0 Å². The lowest BCUT2D eigenvalue weighted by molar-refractivity contribution is 0.0120. The van der Waals surface area contributed by atoms with Crippen LogP contribution in [-0.4, -0.2) is 39.7 Å². The van der Waals surface area contributed by atoms with Crippen LogP contribution in [0.15, 0.2) is 18.2 Å². The fourth-order valence-electron chi connectivity index (χ4n) is 1.82. The van der Waals surface area contributed by atoms with Crippen molar-refractivity contribution in [2.75, 3.05) is 6.54 Å². The first-order valence-electron chi connectivity index (χ1n) is 6.86. The second-order valence-electron chi connectivity index (χ2n) is 5.90. The fraction of sp³-hybridized carbons (Fsp3) is 0.533. The van der Waals surface area contributed by atoms with Crippen LogP contribution in [-0.2, 0) is 11.3 Å². The summed E-state index contributed by atoms with van der Waals surface area (Å²) in [6.45, 7) is 4.65. The van der Waals surface area contributed by atoms with Crippen LogP contribution in [0.5, 0.6) is 0 Å². The minimum atomic E-state index is -1.27. The monoisotopic (exact) mass is 331 g/mol. The number of benzene rings is 1. The molecular weight excluding hydrogens is 310 g/mol. The molecule has 1 rings (SSSR count). The van der Waals surface area contributed by atoms with Gasteiger partial charge in [0.25, 0.3) is 0 Å². The largest absolute Gasteiger partial charge is 0.444 e. The normalized spacial score (nSPS) is 14.3. The quantitative estimate of drug-likeness (QED) is 0.659. The Hall–Kier alpha value is -1.34. The average Bonchev–Trinajstić information content (AvgIpc) is 2.42. The molecule has 0 spiro atoms. The summed E-state index contributed by atoms with van der Waals surface area (Å²) in [4.78, 5) is 11.5. The van der Waals surface area contributed by atoms with Crippen molar-refractivity contribution in [3.05, 3.63) is 34.3 Å². The zero-order valence-corrected chi connectivity index (χ0v) is 13.6. The molecule has 2 unspecified atom stereocenters. The van der Waals surface area contributed by atoms with E-state index in [-0.39, 0.29) is 13.2 Å². The third kappa shape index (κ3) is 5.81. The molecule has 1 aromatic carbocycles. The second kappa shape index (κ2) is 7.78. The van der Waals surface area contributed by atoms with Gasteiger partial charge in [-0.05, 0) is 44.0 Å². The second-order valence-corrected chi connectivity index (χ2v) is 6.33. The van der Waals surface area contributed by atoms with Gasteiger partial charge in [0.15, 0.2) is 0 Å². The highest BCUT2D eigenvalue weighted by atomic mass is 35.5. The smallest absolute Gasteiger partial charge is 0.407 e. The Morgan fingerprint density at radius 3 is 2.55 bits per heavy atom. The van der Waals surface area contributed by atoms with Crippen LogP contribution in [0.1, 0.15) is 38.0 Å². The number of rotatable bonds is 5. The van der Waals surface area contributed by atoms with E-state index in [1.54, 1.807) is 26.8 Å². The third-order valence-electron chi connectivity index (χ3n) is 2.81. The molecule has 0 aromatic heterocycles. The maximum absolute atomic E-state index is 11.5. The van der Waals surface area contributed by atoms with Crippen molar-refractivity contribution in [1.29, 1.82) is 0 Å². The molecule has 6 nitrogen and oxygen atoms in total. The lowest BCUT2D eigenvalue weighted by atomic mass is 9.99. The van der Waals surface area contributed by atoms with Crippen molar-refractivity contribution >= 4 is 17.7 Å². The molecule has 124 valence electrons. The van der Waals surface area contributed by atoms with Crippen molar-refractivity contribution in [2.24, 2.45) is 0 Å². The zero-order valence-electron chi connectivity index (χ0n) is 12.8. The van der Waals surface area contributed by atoms with Crippen LogP contribution in [0.3, 0.4) is 0 Å². The summed E-state index contributed by atoms with van der Waals surface area (Å²) in [5, 5.41) is 32.2. The van der Waals surface area contributed by atoms with E-state index in [4.69, 9.17) is 16.3 Å². The van der Waals surface area contributed by atoms with Crippen molar-refractivity contribution in [2.45, 2.75) is 45.2 Å². The van der Waals surface area contributed by atoms with E-state index in [9.17, 15) is 20.1 Å². The molecule has 4 N–H and O–H groups in total. The predicted octanol–water partition coefficient (Wildman–Crippen LogP) is 1.75. The van der Waals surface area contributed by atoms with E-state index in [0.29, 0.717) is 16.1 Å². The summed E-state index contributed by atoms with van der Waals surface area (Å²) >= 11 is 5.82. The SMILES string of the molecule is CC(C)(C)OC(=O)NCC(O)C(O)c1ccc(Cl)cc1CO. The van der Waals surface area contributed by atoms with Crippen LogP contribution in [0.2, 0.25) is 5.02 Å². The molecule has 7 heteroatoms. The molecule has 0 saturated heterocycles. The van der Waals surface area contributed by atoms with Gasteiger partial charge < -0.3 is 25.4 Å². The lowest BCUT2D eigenvalue weighted by Crippen LogP contribution is -2.39. The van der Waals surface area contributed by atoms with E-state index in [0.717, 1.165) is 0 Å². The Labute approximate surface area is 134 Å². The number of ether oxygens (including phenoxy) is 1. The Bertz CT molecular complexity index is 515. The fourth-order valence-corrected chi connectivity index (χ4v) is 2.02. The van der Waals surface area contributed by atoms with Crippen molar-refractivity contribution in [3.63, 3.8) is 0 Å². The van der Waals surface area contributed by atoms with E-state index in [1.807, 2.05) is 0 Å². The van der Waals surface area contributed by atoms with Crippen LogP contribution >= 0.6 is 11.6 Å². The van der Waals surface area contributed by atoms with E-state index < -0.39 is 23.9 Å². The molecule has 1 amide bonds. The van der Waals surface area contributed by atoms with Crippen LogP contribution < -0.4 is 5.32 Å². The number of alkyl carbamates (subject to hydrolysis) is 1. The molecule has 22 heavy (non-hydrogen) atoms. The maximum atomic E-state index is 11.5. The van der Waals surface area contributed by atoms with Crippen LogP contribution in [0, 0.1) is 0 Å². The molecule has 0 bridgehead atoms. The summed E-state index contributed by atoms with van der Waals surface area (Å²) in [6, 6.07) is 4.58. The number of nitrogens with one attached hydrogen (secondary N) is 1. The molecule has 1 aromatic rings. The number of carbonyl (C=O) groups is 1. The Kier molecular flexibility index (Phi) is 6.62. The summed E-state index contributed by atoms with van der Waals surface area (Å²) in [5.41, 5.74) is 0.121. The summed E-state index contributed by atoms with van der Waals surface area (Å²) < 4.78 is 5.03. The van der Waals surface area contributed by atoms with Gasteiger partial charge in [-0.25, -0.2) is 4.79 Å². The first-order valence-corrected chi connectivity index (χ1v) is 7.24. The van der Waals surface area contributed by atoms with Gasteiger partial charge in [0.05, 0.1) is 6.61 Å². The van der Waals surface area contributed by atoms with E-state index >= 15 is 0 Å². The number of aliphatic hydroxyl groups excluding tert-OH is 3. The van der Waals surface area contributed by atoms with Crippen molar-refractivity contribution in [1.82, 2.24) is 5.32 Å². The summed E-state index contributed by atoms with van der Waals surface area (Å²) in [5.74, 6) is 0. The van der Waals surface area contributed by atoms with E-state index in [1.165, 1.54) is 12.1 Å². The van der Waals surface area contributed by atoms with E-state index in [2.05, 4.69) is 5.32 Å². The predicted molar refractivity (Wildman–Crippen MR) is 82.6 cm³/mol. The minimum Gasteiger partial charge on any atom is -0.444 e. The van der Waals surface area contributed by atoms with Gasteiger partial charge in [-0.1, -0.05) is 17.7 Å². The van der Waals surface area contributed by atoms with Gasteiger partial charge in [0, 0.05) is 11.6 Å².